The van der Waals surface area contributed by atoms with Crippen molar-refractivity contribution in [1.29, 1.82) is 0 Å². The molecule has 1 aromatic rings. The third kappa shape index (κ3) is 2.05. The molecule has 0 aromatic carbocycles. The van der Waals surface area contributed by atoms with E-state index >= 15 is 0 Å². The van der Waals surface area contributed by atoms with Crippen molar-refractivity contribution in [3.8, 4) is 0 Å². The SMILES string of the molecule is Cc1cnc2c(c1)CN(CC1CC1)CC2. The van der Waals surface area contributed by atoms with E-state index in [-0.39, 0.29) is 0 Å². The topological polar surface area (TPSA) is 16.1 Å². The van der Waals surface area contributed by atoms with Gasteiger partial charge in [-0.2, -0.15) is 0 Å². The number of aromatic nitrogens is 1. The van der Waals surface area contributed by atoms with Crippen LogP contribution in [0.3, 0.4) is 0 Å². The van der Waals surface area contributed by atoms with Gasteiger partial charge in [0.15, 0.2) is 0 Å². The largest absolute Gasteiger partial charge is 0.298 e. The molecule has 1 fully saturated rings. The molecule has 2 nitrogen and oxygen atoms in total. The number of aryl methyl sites for hydroxylation is 1. The van der Waals surface area contributed by atoms with Crippen molar-refractivity contribution in [3.05, 3.63) is 29.1 Å². The highest BCUT2D eigenvalue weighted by molar-refractivity contribution is 5.26. The van der Waals surface area contributed by atoms with E-state index in [2.05, 4.69) is 22.9 Å². The minimum absolute atomic E-state index is 1.00. The Kier molecular flexibility index (Phi) is 2.24. The van der Waals surface area contributed by atoms with Crippen molar-refractivity contribution in [3.63, 3.8) is 0 Å². The first-order valence-corrected chi connectivity index (χ1v) is 5.98. The van der Waals surface area contributed by atoms with Gasteiger partial charge in [0.1, 0.15) is 0 Å². The first-order valence-electron chi connectivity index (χ1n) is 5.98. The Morgan fingerprint density at radius 1 is 1.47 bits per heavy atom. The summed E-state index contributed by atoms with van der Waals surface area (Å²) in [6, 6.07) is 2.31. The minimum Gasteiger partial charge on any atom is -0.298 e. The molecule has 0 atom stereocenters. The van der Waals surface area contributed by atoms with Crippen molar-refractivity contribution >= 4 is 0 Å². The maximum Gasteiger partial charge on any atom is 0.0461 e. The lowest BCUT2D eigenvalue weighted by Gasteiger charge is -2.28. The molecule has 0 unspecified atom stereocenters. The molecule has 0 amide bonds. The third-order valence-corrected chi connectivity index (χ3v) is 3.47. The molecule has 1 aromatic heterocycles. The second-order valence-electron chi connectivity index (χ2n) is 5.05. The van der Waals surface area contributed by atoms with Gasteiger partial charge in [-0.15, -0.1) is 0 Å². The van der Waals surface area contributed by atoms with Crippen LogP contribution in [0, 0.1) is 12.8 Å². The van der Waals surface area contributed by atoms with Gasteiger partial charge in [-0.25, -0.2) is 0 Å². The van der Waals surface area contributed by atoms with E-state index in [9.17, 15) is 0 Å². The normalized spacial score (nSPS) is 21.4. The van der Waals surface area contributed by atoms with Gasteiger partial charge < -0.3 is 0 Å². The number of hydrogen-bond donors (Lipinski definition) is 0. The Labute approximate surface area is 91.3 Å². The zero-order valence-electron chi connectivity index (χ0n) is 9.37. The van der Waals surface area contributed by atoms with Crippen molar-refractivity contribution in [1.82, 2.24) is 9.88 Å². The Morgan fingerprint density at radius 3 is 3.13 bits per heavy atom. The van der Waals surface area contributed by atoms with Crippen LogP contribution >= 0.6 is 0 Å². The molecule has 1 aliphatic heterocycles. The number of fused-ring (bicyclic) bond motifs is 1. The van der Waals surface area contributed by atoms with Crippen molar-refractivity contribution in [2.75, 3.05) is 13.1 Å². The second kappa shape index (κ2) is 3.60. The van der Waals surface area contributed by atoms with Gasteiger partial charge in [-0.3, -0.25) is 9.88 Å². The molecule has 15 heavy (non-hydrogen) atoms. The molecule has 80 valence electrons. The Morgan fingerprint density at radius 2 is 2.33 bits per heavy atom. The molecule has 0 spiro atoms. The molecule has 2 aliphatic rings. The van der Waals surface area contributed by atoms with Gasteiger partial charge in [0.25, 0.3) is 0 Å². The Hall–Kier alpha value is -0.890. The van der Waals surface area contributed by atoms with Crippen LogP contribution in [0.25, 0.3) is 0 Å². The molecule has 3 rings (SSSR count). The van der Waals surface area contributed by atoms with Crippen molar-refractivity contribution in [2.24, 2.45) is 5.92 Å². The standard InChI is InChI=1S/C13H18N2/c1-10-6-12-9-15(8-11-2-3-11)5-4-13(12)14-7-10/h6-7,11H,2-5,8-9H2,1H3. The molecule has 0 radical (unpaired) electrons. The zero-order chi connectivity index (χ0) is 10.3. The summed E-state index contributed by atoms with van der Waals surface area (Å²) in [5.74, 6) is 1.00. The molecular formula is C13H18N2. The molecule has 0 saturated heterocycles. The monoisotopic (exact) mass is 202 g/mol. The van der Waals surface area contributed by atoms with Gasteiger partial charge in [-0.1, -0.05) is 6.07 Å². The zero-order valence-corrected chi connectivity index (χ0v) is 9.37. The average Bonchev–Trinajstić information content (AvgIpc) is 3.01. The van der Waals surface area contributed by atoms with Crippen LogP contribution < -0.4 is 0 Å². The fraction of sp³-hybridized carbons (Fsp3) is 0.615. The Bertz CT molecular complexity index is 369. The van der Waals surface area contributed by atoms with Gasteiger partial charge in [0.05, 0.1) is 0 Å². The van der Waals surface area contributed by atoms with Crippen LogP contribution in [-0.2, 0) is 13.0 Å². The van der Waals surface area contributed by atoms with Gasteiger partial charge in [-0.05, 0) is 36.8 Å². The molecule has 0 bridgehead atoms. The highest BCUT2D eigenvalue weighted by Crippen LogP contribution is 2.31. The van der Waals surface area contributed by atoms with E-state index < -0.39 is 0 Å². The lowest BCUT2D eigenvalue weighted by molar-refractivity contribution is 0.242. The minimum atomic E-state index is 1.00. The van der Waals surface area contributed by atoms with E-state index in [1.54, 1.807) is 0 Å². The van der Waals surface area contributed by atoms with Crippen LogP contribution in [0.1, 0.15) is 29.7 Å². The molecule has 2 heteroatoms. The van der Waals surface area contributed by atoms with E-state index in [1.165, 1.54) is 42.8 Å². The summed E-state index contributed by atoms with van der Waals surface area (Å²) in [4.78, 5) is 7.12. The van der Waals surface area contributed by atoms with E-state index in [1.807, 2.05) is 6.20 Å². The lowest BCUT2D eigenvalue weighted by Crippen LogP contribution is -2.32. The summed E-state index contributed by atoms with van der Waals surface area (Å²) in [5, 5.41) is 0. The van der Waals surface area contributed by atoms with Crippen LogP contribution in [0.4, 0.5) is 0 Å². The number of rotatable bonds is 2. The first kappa shape index (κ1) is 9.34. The highest BCUT2D eigenvalue weighted by atomic mass is 15.1. The van der Waals surface area contributed by atoms with E-state index in [0.717, 1.165) is 18.9 Å². The van der Waals surface area contributed by atoms with Crippen LogP contribution in [0.15, 0.2) is 12.3 Å². The summed E-state index contributed by atoms with van der Waals surface area (Å²) in [5.41, 5.74) is 4.08. The first-order chi connectivity index (χ1) is 7.31. The van der Waals surface area contributed by atoms with Crippen LogP contribution in [0.5, 0.6) is 0 Å². The summed E-state index contributed by atoms with van der Waals surface area (Å²) >= 11 is 0. The molecule has 2 heterocycles. The molecule has 1 saturated carbocycles. The van der Waals surface area contributed by atoms with Gasteiger partial charge in [0.2, 0.25) is 0 Å². The van der Waals surface area contributed by atoms with Crippen molar-refractivity contribution in [2.45, 2.75) is 32.7 Å². The smallest absolute Gasteiger partial charge is 0.0461 e. The van der Waals surface area contributed by atoms with E-state index in [4.69, 9.17) is 0 Å². The van der Waals surface area contributed by atoms with Crippen LogP contribution in [-0.4, -0.2) is 23.0 Å². The number of pyridine rings is 1. The molecule has 0 N–H and O–H groups in total. The summed E-state index contributed by atoms with van der Waals surface area (Å²) in [6.45, 7) is 5.78. The maximum absolute atomic E-state index is 4.52. The number of nitrogens with zero attached hydrogens (tertiary/aromatic N) is 2. The van der Waals surface area contributed by atoms with Crippen molar-refractivity contribution < 1.29 is 0 Å². The second-order valence-corrected chi connectivity index (χ2v) is 5.05. The predicted octanol–water partition coefficient (Wildman–Crippen LogP) is 2.16. The van der Waals surface area contributed by atoms with Gasteiger partial charge in [0, 0.05) is 37.9 Å². The average molecular weight is 202 g/mol. The summed E-state index contributed by atoms with van der Waals surface area (Å²) in [7, 11) is 0. The van der Waals surface area contributed by atoms with Gasteiger partial charge >= 0.3 is 0 Å². The highest BCUT2D eigenvalue weighted by Gasteiger charge is 2.26. The third-order valence-electron chi connectivity index (χ3n) is 3.47. The van der Waals surface area contributed by atoms with E-state index in [0.29, 0.717) is 0 Å². The molecule has 1 aliphatic carbocycles. The Balaban J connectivity index is 1.75. The molecular weight excluding hydrogens is 184 g/mol. The lowest BCUT2D eigenvalue weighted by atomic mass is 10.0. The quantitative estimate of drug-likeness (QED) is 0.730. The van der Waals surface area contributed by atoms with Crippen LogP contribution in [0.2, 0.25) is 0 Å². The fourth-order valence-corrected chi connectivity index (χ4v) is 2.43. The predicted molar refractivity (Wildman–Crippen MR) is 60.7 cm³/mol. The summed E-state index contributed by atoms with van der Waals surface area (Å²) in [6.07, 6.45) is 6.04. The summed E-state index contributed by atoms with van der Waals surface area (Å²) < 4.78 is 0. The number of hydrogen-bond acceptors (Lipinski definition) is 2. The fourth-order valence-electron chi connectivity index (χ4n) is 2.43. The maximum atomic E-state index is 4.52.